The third kappa shape index (κ3) is 3.53. The zero-order chi connectivity index (χ0) is 13.7. The molecule has 0 aromatic heterocycles. The summed E-state index contributed by atoms with van der Waals surface area (Å²) in [6.45, 7) is 2.34. The number of fused-ring (bicyclic) bond motifs is 1. The summed E-state index contributed by atoms with van der Waals surface area (Å²) >= 11 is 0. The number of carboxylic acid groups (broad SMARTS) is 1. The van der Waals surface area contributed by atoms with E-state index >= 15 is 0 Å². The molecule has 5 nitrogen and oxygen atoms in total. The van der Waals surface area contributed by atoms with Gasteiger partial charge >= 0.3 is 5.97 Å². The largest absolute Gasteiger partial charge is 0.497 e. The maximum absolute atomic E-state index is 10.5. The lowest BCUT2D eigenvalue weighted by Gasteiger charge is -2.31. The highest BCUT2D eigenvalue weighted by atomic mass is 16.5. The molecule has 0 saturated carbocycles. The number of carbonyl (C=O) groups is 1. The first kappa shape index (κ1) is 13.5. The van der Waals surface area contributed by atoms with E-state index in [1.54, 1.807) is 7.11 Å². The summed E-state index contributed by atoms with van der Waals surface area (Å²) in [6.07, 6.45) is 1.80. The molecule has 104 valence electrons. The van der Waals surface area contributed by atoms with Crippen LogP contribution in [0.25, 0.3) is 0 Å². The molecule has 1 N–H and O–H groups in total. The van der Waals surface area contributed by atoms with Crippen LogP contribution in [0.3, 0.4) is 0 Å². The number of anilines is 1. The molecule has 0 atom stereocenters. The Morgan fingerprint density at radius 1 is 1.47 bits per heavy atom. The second kappa shape index (κ2) is 6.31. The van der Waals surface area contributed by atoms with Gasteiger partial charge in [0.1, 0.15) is 18.1 Å². The molecule has 0 saturated heterocycles. The number of carboxylic acids is 1. The van der Waals surface area contributed by atoms with Crippen molar-refractivity contribution in [3.8, 4) is 11.5 Å². The summed E-state index contributed by atoms with van der Waals surface area (Å²) in [5, 5.41) is 8.63. The van der Waals surface area contributed by atoms with Gasteiger partial charge in [-0.05, 0) is 25.0 Å². The van der Waals surface area contributed by atoms with E-state index in [9.17, 15) is 4.79 Å². The fourth-order valence-corrected chi connectivity index (χ4v) is 2.19. The van der Waals surface area contributed by atoms with Gasteiger partial charge in [0.05, 0.1) is 19.3 Å². The molecular weight excluding hydrogens is 246 g/mol. The third-order valence-electron chi connectivity index (χ3n) is 3.19. The van der Waals surface area contributed by atoms with E-state index in [-0.39, 0.29) is 6.42 Å². The van der Waals surface area contributed by atoms with Gasteiger partial charge in [-0.1, -0.05) is 0 Å². The minimum absolute atomic E-state index is 0.231. The standard InChI is InChI=1S/C14H19NO4/c1-18-11-5-6-13-12(10-11)15(8-9-19-13)7-3-2-4-14(16)17/h5-6,10H,2-4,7-9H2,1H3,(H,16,17). The molecule has 0 radical (unpaired) electrons. The number of aliphatic carboxylic acids is 1. The zero-order valence-electron chi connectivity index (χ0n) is 11.1. The van der Waals surface area contributed by atoms with Crippen molar-refractivity contribution in [3.05, 3.63) is 18.2 Å². The van der Waals surface area contributed by atoms with Crippen LogP contribution in [0.2, 0.25) is 0 Å². The number of rotatable bonds is 6. The Morgan fingerprint density at radius 3 is 3.05 bits per heavy atom. The lowest BCUT2D eigenvalue weighted by molar-refractivity contribution is -0.137. The molecule has 0 fully saturated rings. The summed E-state index contributed by atoms with van der Waals surface area (Å²) in [5.74, 6) is 0.939. The fraction of sp³-hybridized carbons (Fsp3) is 0.500. The minimum atomic E-state index is -0.732. The summed E-state index contributed by atoms with van der Waals surface area (Å²) in [7, 11) is 1.64. The molecular formula is C14H19NO4. The Bertz CT molecular complexity index is 447. The summed E-state index contributed by atoms with van der Waals surface area (Å²) in [5.41, 5.74) is 1.03. The SMILES string of the molecule is COc1ccc2c(c1)N(CCCCC(=O)O)CCO2. The summed E-state index contributed by atoms with van der Waals surface area (Å²) in [6, 6.07) is 5.76. The van der Waals surface area contributed by atoms with Gasteiger partial charge in [-0.15, -0.1) is 0 Å². The van der Waals surface area contributed by atoms with E-state index in [1.165, 1.54) is 0 Å². The quantitative estimate of drug-likeness (QED) is 0.799. The highest BCUT2D eigenvalue weighted by molar-refractivity contribution is 5.66. The van der Waals surface area contributed by atoms with E-state index in [1.807, 2.05) is 18.2 Å². The number of nitrogens with zero attached hydrogens (tertiary/aromatic N) is 1. The van der Waals surface area contributed by atoms with Crippen LogP contribution in [-0.2, 0) is 4.79 Å². The van der Waals surface area contributed by atoms with Crippen molar-refractivity contribution in [3.63, 3.8) is 0 Å². The number of hydrogen-bond acceptors (Lipinski definition) is 4. The molecule has 0 spiro atoms. The average Bonchev–Trinajstić information content (AvgIpc) is 2.43. The van der Waals surface area contributed by atoms with Crippen LogP contribution in [0.15, 0.2) is 18.2 Å². The van der Waals surface area contributed by atoms with Gasteiger partial charge in [0.2, 0.25) is 0 Å². The Hall–Kier alpha value is -1.91. The van der Waals surface area contributed by atoms with Gasteiger partial charge in [0.25, 0.3) is 0 Å². The molecule has 1 aliphatic heterocycles. The molecule has 5 heteroatoms. The van der Waals surface area contributed by atoms with E-state index < -0.39 is 5.97 Å². The maximum atomic E-state index is 10.5. The minimum Gasteiger partial charge on any atom is -0.497 e. The van der Waals surface area contributed by atoms with E-state index in [2.05, 4.69) is 4.90 Å². The Labute approximate surface area is 112 Å². The third-order valence-corrected chi connectivity index (χ3v) is 3.19. The van der Waals surface area contributed by atoms with E-state index in [0.29, 0.717) is 13.0 Å². The first-order chi connectivity index (χ1) is 9.20. The van der Waals surface area contributed by atoms with Crippen molar-refractivity contribution in [2.75, 3.05) is 31.7 Å². The molecule has 1 aromatic carbocycles. The molecule has 19 heavy (non-hydrogen) atoms. The van der Waals surface area contributed by atoms with Crippen molar-refractivity contribution in [1.29, 1.82) is 0 Å². The highest BCUT2D eigenvalue weighted by Crippen LogP contribution is 2.34. The van der Waals surface area contributed by atoms with Crippen LogP contribution in [-0.4, -0.2) is 37.9 Å². The van der Waals surface area contributed by atoms with Gasteiger partial charge < -0.3 is 19.5 Å². The Balaban J connectivity index is 1.98. The first-order valence-electron chi connectivity index (χ1n) is 6.48. The van der Waals surface area contributed by atoms with Gasteiger partial charge in [-0.2, -0.15) is 0 Å². The Kier molecular flexibility index (Phi) is 4.49. The van der Waals surface area contributed by atoms with Gasteiger partial charge in [0, 0.05) is 19.0 Å². The molecule has 0 amide bonds. The predicted molar refractivity (Wildman–Crippen MR) is 72.2 cm³/mol. The van der Waals surface area contributed by atoms with Crippen molar-refractivity contribution in [2.45, 2.75) is 19.3 Å². The molecule has 2 rings (SSSR count). The lowest BCUT2D eigenvalue weighted by Crippen LogP contribution is -2.33. The van der Waals surface area contributed by atoms with E-state index in [4.69, 9.17) is 14.6 Å². The number of methoxy groups -OCH3 is 1. The lowest BCUT2D eigenvalue weighted by atomic mass is 10.2. The first-order valence-corrected chi connectivity index (χ1v) is 6.48. The smallest absolute Gasteiger partial charge is 0.303 e. The number of ether oxygens (including phenoxy) is 2. The van der Waals surface area contributed by atoms with Crippen molar-refractivity contribution < 1.29 is 19.4 Å². The molecule has 1 heterocycles. The normalized spacial score (nSPS) is 13.6. The highest BCUT2D eigenvalue weighted by Gasteiger charge is 2.18. The van der Waals surface area contributed by atoms with Crippen LogP contribution in [0.4, 0.5) is 5.69 Å². The molecule has 1 aliphatic rings. The van der Waals surface area contributed by atoms with Crippen LogP contribution in [0.1, 0.15) is 19.3 Å². The molecule has 0 aliphatic carbocycles. The number of unbranched alkanes of at least 4 members (excludes halogenated alkanes) is 1. The van der Waals surface area contributed by atoms with Crippen molar-refractivity contribution in [2.24, 2.45) is 0 Å². The second-order valence-corrected chi connectivity index (χ2v) is 4.52. The maximum Gasteiger partial charge on any atom is 0.303 e. The van der Waals surface area contributed by atoms with Crippen LogP contribution in [0, 0.1) is 0 Å². The van der Waals surface area contributed by atoms with Crippen LogP contribution >= 0.6 is 0 Å². The molecule has 1 aromatic rings. The monoisotopic (exact) mass is 265 g/mol. The Morgan fingerprint density at radius 2 is 2.32 bits per heavy atom. The summed E-state index contributed by atoms with van der Waals surface area (Å²) < 4.78 is 10.8. The average molecular weight is 265 g/mol. The molecule has 0 unspecified atom stereocenters. The fourth-order valence-electron chi connectivity index (χ4n) is 2.19. The van der Waals surface area contributed by atoms with Gasteiger partial charge in [-0.3, -0.25) is 4.79 Å². The van der Waals surface area contributed by atoms with Gasteiger partial charge in [-0.25, -0.2) is 0 Å². The van der Waals surface area contributed by atoms with Crippen LogP contribution in [0.5, 0.6) is 11.5 Å². The number of hydrogen-bond donors (Lipinski definition) is 1. The van der Waals surface area contributed by atoms with Gasteiger partial charge in [0.15, 0.2) is 0 Å². The van der Waals surface area contributed by atoms with E-state index in [0.717, 1.165) is 36.7 Å². The van der Waals surface area contributed by atoms with Crippen LogP contribution < -0.4 is 14.4 Å². The van der Waals surface area contributed by atoms with Crippen molar-refractivity contribution >= 4 is 11.7 Å². The number of benzene rings is 1. The molecule has 0 bridgehead atoms. The van der Waals surface area contributed by atoms with Crippen molar-refractivity contribution in [1.82, 2.24) is 0 Å². The summed E-state index contributed by atoms with van der Waals surface area (Å²) in [4.78, 5) is 12.7. The topological polar surface area (TPSA) is 59.0 Å². The second-order valence-electron chi connectivity index (χ2n) is 4.52. The predicted octanol–water partition coefficient (Wildman–Crippen LogP) is 2.15. The zero-order valence-corrected chi connectivity index (χ0v) is 11.1.